The number of primary amides is 2. The number of ether oxygens (including phenoxy) is 2. The average Bonchev–Trinajstić information content (AvgIpc) is 3.28. The van der Waals surface area contributed by atoms with Crippen molar-refractivity contribution in [3.63, 3.8) is 0 Å². The van der Waals surface area contributed by atoms with Gasteiger partial charge in [-0.15, -0.1) is 0 Å². The number of nitrogens with zero attached hydrogens (tertiary/aromatic N) is 4. The minimum Gasteiger partial charge on any atom is -0.482 e. The molecule has 0 spiro atoms. The van der Waals surface area contributed by atoms with Gasteiger partial charge < -0.3 is 41.4 Å². The highest BCUT2D eigenvalue weighted by atomic mass is 35.5. The van der Waals surface area contributed by atoms with E-state index in [0.29, 0.717) is 10.0 Å². The molecule has 15 nitrogen and oxygen atoms in total. The Labute approximate surface area is 375 Å². The molecular weight excluding hydrogens is 880 g/mol. The molecule has 2 aliphatic rings. The lowest BCUT2D eigenvalue weighted by Crippen LogP contribution is -2.47. The fourth-order valence-electron chi connectivity index (χ4n) is 7.11. The maximum absolute atomic E-state index is 15.2. The molecule has 0 radical (unpaired) electrons. The van der Waals surface area contributed by atoms with Gasteiger partial charge in [0.25, 0.3) is 11.8 Å². The second-order valence-electron chi connectivity index (χ2n) is 14.8. The average molecular weight is 922 g/mol. The normalized spacial score (nSPS) is 15.4. The van der Waals surface area contributed by atoms with Gasteiger partial charge in [-0.05, 0) is 104 Å². The Bertz CT molecular complexity index is 2450. The third kappa shape index (κ3) is 12.1. The lowest BCUT2D eigenvalue weighted by molar-refractivity contribution is -0.136. The summed E-state index contributed by atoms with van der Waals surface area (Å²) in [6.45, 7) is 0.0757. The van der Waals surface area contributed by atoms with Gasteiger partial charge in [-0.3, -0.25) is 14.4 Å². The predicted molar refractivity (Wildman–Crippen MR) is 229 cm³/mol. The highest BCUT2D eigenvalue weighted by Gasteiger charge is 2.45. The summed E-state index contributed by atoms with van der Waals surface area (Å²) in [7, 11) is 0. The Balaban J connectivity index is 0.000000241. The molecule has 64 heavy (non-hydrogen) atoms. The molecule has 1 atom stereocenters. The van der Waals surface area contributed by atoms with Crippen LogP contribution in [-0.2, 0) is 9.59 Å². The van der Waals surface area contributed by atoms with E-state index in [4.69, 9.17) is 44.1 Å². The predicted octanol–water partition coefficient (Wildman–Crippen LogP) is 7.56. The lowest BCUT2D eigenvalue weighted by Gasteiger charge is -2.39. The minimum absolute atomic E-state index is 0.128. The van der Waals surface area contributed by atoms with E-state index in [0.717, 1.165) is 12.1 Å². The van der Waals surface area contributed by atoms with Crippen molar-refractivity contribution in [1.29, 1.82) is 10.5 Å². The van der Waals surface area contributed by atoms with Gasteiger partial charge in [0, 0.05) is 41.8 Å². The lowest BCUT2D eigenvalue weighted by atomic mass is 9.73. The number of nitrogens with one attached hydrogen (secondary N) is 2. The molecule has 0 aromatic heterocycles. The zero-order valence-electron chi connectivity index (χ0n) is 33.9. The number of nitriles is 2. The van der Waals surface area contributed by atoms with E-state index >= 15 is 4.39 Å². The molecule has 4 aromatic carbocycles. The van der Waals surface area contributed by atoms with Crippen molar-refractivity contribution in [2.45, 2.75) is 31.9 Å². The SMILES string of the molecule is N#CC1(C(=O)c2ccc(F)cc2)CCN(C(=O)COc2ccc(Cl)cc2NC(N)=O)CC1.N#CC1(C(F)c2ccc(F)cc2)CCN(C(=O)COc2ccc(Cl)cc2NC(N)=O)CC1. The first-order chi connectivity index (χ1) is 30.5. The number of benzene rings is 4. The highest BCUT2D eigenvalue weighted by Crippen LogP contribution is 2.45. The number of halogens is 5. The van der Waals surface area contributed by atoms with Gasteiger partial charge >= 0.3 is 12.1 Å². The number of alkyl halides is 1. The van der Waals surface area contributed by atoms with Crippen LogP contribution in [0.3, 0.4) is 0 Å². The van der Waals surface area contributed by atoms with E-state index in [-0.39, 0.29) is 117 Å². The topological polar surface area (TPSA) is 234 Å². The Kier molecular flexibility index (Phi) is 16.0. The van der Waals surface area contributed by atoms with E-state index in [1.54, 1.807) is 0 Å². The molecule has 2 heterocycles. The highest BCUT2D eigenvalue weighted by molar-refractivity contribution is 6.31. The van der Waals surface area contributed by atoms with Gasteiger partial charge in [-0.2, -0.15) is 10.5 Å². The Morgan fingerprint density at radius 3 is 1.50 bits per heavy atom. The molecule has 2 aliphatic heterocycles. The number of likely N-dealkylation sites (tertiary alicyclic amines) is 2. The second kappa shape index (κ2) is 21.4. The fourth-order valence-corrected chi connectivity index (χ4v) is 7.46. The first-order valence-corrected chi connectivity index (χ1v) is 20.3. The van der Waals surface area contributed by atoms with Crippen LogP contribution < -0.4 is 31.6 Å². The molecular formula is C44H41Cl2F3N8O7. The quantitative estimate of drug-likeness (QED) is 0.103. The zero-order chi connectivity index (χ0) is 46.6. The molecule has 334 valence electrons. The summed E-state index contributed by atoms with van der Waals surface area (Å²) < 4.78 is 52.5. The second-order valence-corrected chi connectivity index (χ2v) is 15.7. The summed E-state index contributed by atoms with van der Waals surface area (Å²) in [5, 5.41) is 24.8. The zero-order valence-corrected chi connectivity index (χ0v) is 35.4. The van der Waals surface area contributed by atoms with E-state index in [1.807, 2.05) is 0 Å². The van der Waals surface area contributed by atoms with Crippen LogP contribution in [0.15, 0.2) is 84.9 Å². The van der Waals surface area contributed by atoms with E-state index in [9.17, 15) is 43.3 Å². The number of piperidine rings is 2. The number of amides is 6. The number of nitrogens with two attached hydrogens (primary N) is 2. The third-order valence-corrected chi connectivity index (χ3v) is 11.2. The number of carbonyl (C=O) groups excluding carboxylic acids is 5. The van der Waals surface area contributed by atoms with E-state index in [1.165, 1.54) is 82.6 Å². The summed E-state index contributed by atoms with van der Waals surface area (Å²) in [6.07, 6.45) is -1.04. The first-order valence-electron chi connectivity index (χ1n) is 19.5. The van der Waals surface area contributed by atoms with Gasteiger partial charge in [-0.1, -0.05) is 35.3 Å². The molecule has 20 heteroatoms. The Morgan fingerprint density at radius 1 is 0.672 bits per heavy atom. The summed E-state index contributed by atoms with van der Waals surface area (Å²) >= 11 is 11.8. The number of Topliss-reactive ketones (excluding diaryl/α,β-unsaturated/α-hetero) is 1. The number of hydrogen-bond acceptors (Lipinski definition) is 9. The van der Waals surface area contributed by atoms with Crippen molar-refractivity contribution in [2.75, 3.05) is 50.0 Å². The van der Waals surface area contributed by atoms with Crippen LogP contribution in [0.1, 0.15) is 47.8 Å². The van der Waals surface area contributed by atoms with Crippen LogP contribution in [0.2, 0.25) is 10.0 Å². The Morgan fingerprint density at radius 2 is 1.09 bits per heavy atom. The molecule has 1 unspecified atom stereocenters. The molecule has 0 aliphatic carbocycles. The van der Waals surface area contributed by atoms with Crippen LogP contribution in [0.25, 0.3) is 0 Å². The van der Waals surface area contributed by atoms with Crippen molar-refractivity contribution in [3.8, 4) is 23.6 Å². The van der Waals surface area contributed by atoms with Crippen LogP contribution in [0, 0.1) is 45.1 Å². The number of urea groups is 2. The van der Waals surface area contributed by atoms with Crippen molar-refractivity contribution in [3.05, 3.63) is 118 Å². The number of anilines is 2. The van der Waals surface area contributed by atoms with Gasteiger partial charge in [-0.25, -0.2) is 22.8 Å². The Hall–Kier alpha value is -7.02. The largest absolute Gasteiger partial charge is 0.482 e. The van der Waals surface area contributed by atoms with Crippen molar-refractivity contribution < 1.29 is 46.6 Å². The van der Waals surface area contributed by atoms with Crippen molar-refractivity contribution in [1.82, 2.24) is 9.80 Å². The molecule has 2 saturated heterocycles. The fraction of sp³-hybridized carbons (Fsp3) is 0.295. The molecule has 4 aromatic rings. The molecule has 0 bridgehead atoms. The summed E-state index contributed by atoms with van der Waals surface area (Å²) in [5.74, 6) is -1.60. The maximum atomic E-state index is 15.2. The molecule has 6 amide bonds. The van der Waals surface area contributed by atoms with Crippen molar-refractivity contribution in [2.24, 2.45) is 22.3 Å². The van der Waals surface area contributed by atoms with Crippen LogP contribution in [-0.4, -0.2) is 78.9 Å². The molecule has 6 rings (SSSR count). The van der Waals surface area contributed by atoms with Gasteiger partial charge in [0.2, 0.25) is 0 Å². The van der Waals surface area contributed by atoms with Crippen molar-refractivity contribution >= 4 is 64.2 Å². The van der Waals surface area contributed by atoms with Crippen LogP contribution in [0.4, 0.5) is 34.1 Å². The molecule has 6 N–H and O–H groups in total. The first kappa shape index (κ1) is 48.0. The molecule has 2 fully saturated rings. The van der Waals surface area contributed by atoms with Gasteiger partial charge in [0.1, 0.15) is 34.7 Å². The number of hydrogen-bond donors (Lipinski definition) is 4. The third-order valence-electron chi connectivity index (χ3n) is 10.7. The number of rotatable bonds is 12. The molecule has 0 saturated carbocycles. The van der Waals surface area contributed by atoms with Gasteiger partial charge in [0.05, 0.1) is 28.9 Å². The summed E-state index contributed by atoms with van der Waals surface area (Å²) in [6, 6.07) is 21.5. The smallest absolute Gasteiger partial charge is 0.316 e. The van der Waals surface area contributed by atoms with Crippen LogP contribution >= 0.6 is 23.2 Å². The standard InChI is InChI=1S/C22H21ClF2N4O3.C22H20ClFN4O4/c23-15-3-6-18(17(11-15)28-21(27)31)32-12-19(30)29-9-7-22(13-26,8-10-29)20(25)14-1-4-16(24)5-2-14;23-15-3-6-18(17(11-15)27-21(26)31)32-12-19(29)28-9-7-22(13-25,8-10-28)20(30)14-1-4-16(24)5-2-14/h1-6,11,20H,7-10,12H2,(H3,27,28,31);1-6,11H,7-10,12H2,(H3,26,27,31). The number of carbonyl (C=O) groups is 5. The summed E-state index contributed by atoms with van der Waals surface area (Å²) in [5.41, 5.74) is 8.62. The minimum atomic E-state index is -1.60. The summed E-state index contributed by atoms with van der Waals surface area (Å²) in [4.78, 5) is 63.4. The van der Waals surface area contributed by atoms with Gasteiger partial charge in [0.15, 0.2) is 19.0 Å². The van der Waals surface area contributed by atoms with Crippen LogP contribution in [0.5, 0.6) is 11.5 Å². The van der Waals surface area contributed by atoms with E-state index < -0.39 is 40.7 Å². The number of ketones is 1. The monoisotopic (exact) mass is 920 g/mol. The maximum Gasteiger partial charge on any atom is 0.316 e. The van der Waals surface area contributed by atoms with E-state index in [2.05, 4.69) is 22.8 Å².